The zero-order chi connectivity index (χ0) is 10.3. The molecule has 3 N–H and O–H groups in total. The molecule has 2 aromatic rings. The largest absolute Gasteiger partial charge is 0.464 e. The summed E-state index contributed by atoms with van der Waals surface area (Å²) in [6.07, 6.45) is 0.535. The quantitative estimate of drug-likeness (QED) is 0.625. The lowest BCUT2D eigenvalue weighted by molar-refractivity contribution is 0.197. The van der Waals surface area contributed by atoms with E-state index in [4.69, 9.17) is 10.8 Å². The standard InChI is InChI=1S/C10H10N2O2/c1-6-8(11)3-2-7-4-5-12(9(6)7)10(13)14/h2-5H,11H2,1H3,(H,13,14). The maximum absolute atomic E-state index is 10.9. The summed E-state index contributed by atoms with van der Waals surface area (Å²) in [5, 5.41) is 9.80. The monoisotopic (exact) mass is 190 g/mol. The Morgan fingerprint density at radius 3 is 2.79 bits per heavy atom. The summed E-state index contributed by atoms with van der Waals surface area (Å²) >= 11 is 0. The van der Waals surface area contributed by atoms with Gasteiger partial charge < -0.3 is 10.8 Å². The molecule has 0 amide bonds. The summed E-state index contributed by atoms with van der Waals surface area (Å²) in [6.45, 7) is 1.82. The van der Waals surface area contributed by atoms with Gasteiger partial charge in [0.25, 0.3) is 0 Å². The summed E-state index contributed by atoms with van der Waals surface area (Å²) < 4.78 is 1.18. The number of hydrogen-bond donors (Lipinski definition) is 2. The summed E-state index contributed by atoms with van der Waals surface area (Å²) in [6, 6.07) is 5.36. The summed E-state index contributed by atoms with van der Waals surface area (Å²) in [4.78, 5) is 10.9. The lowest BCUT2D eigenvalue weighted by atomic mass is 10.1. The van der Waals surface area contributed by atoms with E-state index in [0.717, 1.165) is 10.9 Å². The molecule has 0 radical (unpaired) electrons. The molecule has 0 saturated heterocycles. The number of nitrogen functional groups attached to an aromatic ring is 1. The zero-order valence-electron chi connectivity index (χ0n) is 7.69. The van der Waals surface area contributed by atoms with Crippen molar-refractivity contribution in [2.24, 2.45) is 0 Å². The molecule has 14 heavy (non-hydrogen) atoms. The second-order valence-electron chi connectivity index (χ2n) is 3.19. The maximum atomic E-state index is 10.9. The lowest BCUT2D eigenvalue weighted by Crippen LogP contribution is -2.07. The molecule has 0 fully saturated rings. The van der Waals surface area contributed by atoms with Gasteiger partial charge in [-0.05, 0) is 24.6 Å². The highest BCUT2D eigenvalue weighted by Crippen LogP contribution is 2.24. The second-order valence-corrected chi connectivity index (χ2v) is 3.19. The first-order valence-corrected chi connectivity index (χ1v) is 4.20. The van der Waals surface area contributed by atoms with Crippen LogP contribution in [-0.4, -0.2) is 15.8 Å². The van der Waals surface area contributed by atoms with Crippen LogP contribution in [-0.2, 0) is 0 Å². The third-order valence-corrected chi connectivity index (χ3v) is 2.35. The third-order valence-electron chi connectivity index (χ3n) is 2.35. The Kier molecular flexibility index (Phi) is 1.70. The number of hydrogen-bond acceptors (Lipinski definition) is 2. The third kappa shape index (κ3) is 1.04. The molecule has 4 heteroatoms. The van der Waals surface area contributed by atoms with Crippen LogP contribution >= 0.6 is 0 Å². The van der Waals surface area contributed by atoms with Crippen LogP contribution in [0, 0.1) is 6.92 Å². The number of aryl methyl sites for hydroxylation is 1. The Morgan fingerprint density at radius 2 is 2.14 bits per heavy atom. The highest BCUT2D eigenvalue weighted by Gasteiger charge is 2.10. The second kappa shape index (κ2) is 2.77. The molecule has 0 saturated carbocycles. The van der Waals surface area contributed by atoms with Crippen molar-refractivity contribution in [1.82, 2.24) is 4.57 Å². The van der Waals surface area contributed by atoms with Crippen molar-refractivity contribution >= 4 is 22.7 Å². The van der Waals surface area contributed by atoms with Gasteiger partial charge in [-0.25, -0.2) is 4.79 Å². The molecule has 0 spiro atoms. The average Bonchev–Trinajstić information content (AvgIpc) is 2.55. The lowest BCUT2D eigenvalue weighted by Gasteiger charge is -2.04. The van der Waals surface area contributed by atoms with Crippen molar-refractivity contribution in [3.63, 3.8) is 0 Å². The molecular weight excluding hydrogens is 180 g/mol. The number of carboxylic acid groups (broad SMARTS) is 1. The predicted octanol–water partition coefficient (Wildman–Crippen LogP) is 2.06. The Morgan fingerprint density at radius 1 is 1.43 bits per heavy atom. The van der Waals surface area contributed by atoms with Gasteiger partial charge in [-0.1, -0.05) is 6.07 Å². The van der Waals surface area contributed by atoms with E-state index in [9.17, 15) is 4.79 Å². The maximum Gasteiger partial charge on any atom is 0.416 e. The highest BCUT2D eigenvalue weighted by atomic mass is 16.4. The normalized spacial score (nSPS) is 10.6. The molecule has 1 aromatic carbocycles. The molecule has 0 aliphatic rings. The van der Waals surface area contributed by atoms with Gasteiger partial charge in [-0.15, -0.1) is 0 Å². The van der Waals surface area contributed by atoms with Gasteiger partial charge in [0.1, 0.15) is 0 Å². The molecule has 0 unspecified atom stereocenters. The van der Waals surface area contributed by atoms with E-state index in [1.165, 1.54) is 10.8 Å². The van der Waals surface area contributed by atoms with Gasteiger partial charge >= 0.3 is 6.09 Å². The smallest absolute Gasteiger partial charge is 0.416 e. The minimum atomic E-state index is -0.992. The molecule has 2 rings (SSSR count). The van der Waals surface area contributed by atoms with Crippen LogP contribution < -0.4 is 5.73 Å². The van der Waals surface area contributed by atoms with Crippen LogP contribution in [0.25, 0.3) is 10.9 Å². The first-order valence-electron chi connectivity index (χ1n) is 4.20. The zero-order valence-corrected chi connectivity index (χ0v) is 7.69. The van der Waals surface area contributed by atoms with Gasteiger partial charge in [0, 0.05) is 17.3 Å². The predicted molar refractivity (Wildman–Crippen MR) is 54.5 cm³/mol. The average molecular weight is 190 g/mol. The van der Waals surface area contributed by atoms with Crippen molar-refractivity contribution in [3.8, 4) is 0 Å². The first kappa shape index (κ1) is 8.62. The van der Waals surface area contributed by atoms with E-state index in [1.807, 2.05) is 13.0 Å². The Bertz CT molecular complexity index is 514. The molecule has 0 bridgehead atoms. The Labute approximate surface area is 80.6 Å². The molecule has 0 aliphatic heterocycles. The number of nitrogens with two attached hydrogens (primary N) is 1. The minimum absolute atomic E-state index is 0.610. The molecule has 0 aliphatic carbocycles. The van der Waals surface area contributed by atoms with Crippen LogP contribution in [0.3, 0.4) is 0 Å². The van der Waals surface area contributed by atoms with Crippen molar-refractivity contribution in [3.05, 3.63) is 30.0 Å². The molecule has 1 aromatic heterocycles. The summed E-state index contributed by atoms with van der Waals surface area (Å²) in [7, 11) is 0. The number of aromatic nitrogens is 1. The fourth-order valence-corrected chi connectivity index (χ4v) is 1.58. The molecule has 0 atom stereocenters. The topological polar surface area (TPSA) is 68.2 Å². The van der Waals surface area contributed by atoms with Gasteiger partial charge in [0.05, 0.1) is 5.52 Å². The summed E-state index contributed by atoms with van der Waals surface area (Å²) in [5.74, 6) is 0. The number of rotatable bonds is 0. The van der Waals surface area contributed by atoms with Crippen molar-refractivity contribution in [2.45, 2.75) is 6.92 Å². The van der Waals surface area contributed by atoms with Gasteiger partial charge in [0.2, 0.25) is 0 Å². The van der Waals surface area contributed by atoms with E-state index in [2.05, 4.69) is 0 Å². The van der Waals surface area contributed by atoms with E-state index in [1.54, 1.807) is 12.1 Å². The fraction of sp³-hybridized carbons (Fsp3) is 0.100. The van der Waals surface area contributed by atoms with Gasteiger partial charge in [-0.2, -0.15) is 0 Å². The number of benzene rings is 1. The van der Waals surface area contributed by atoms with Gasteiger partial charge in [-0.3, -0.25) is 4.57 Å². The Hall–Kier alpha value is -1.97. The number of carbonyl (C=O) groups is 1. The van der Waals surface area contributed by atoms with E-state index < -0.39 is 6.09 Å². The van der Waals surface area contributed by atoms with Crippen LogP contribution in [0.15, 0.2) is 24.4 Å². The number of fused-ring (bicyclic) bond motifs is 1. The first-order chi connectivity index (χ1) is 6.61. The van der Waals surface area contributed by atoms with E-state index >= 15 is 0 Å². The van der Waals surface area contributed by atoms with Crippen LogP contribution in [0.5, 0.6) is 0 Å². The van der Waals surface area contributed by atoms with Crippen molar-refractivity contribution in [1.29, 1.82) is 0 Å². The van der Waals surface area contributed by atoms with Crippen molar-refractivity contribution in [2.75, 3.05) is 5.73 Å². The van der Waals surface area contributed by atoms with Crippen LogP contribution in [0.1, 0.15) is 5.56 Å². The number of nitrogens with zero attached hydrogens (tertiary/aromatic N) is 1. The molecule has 72 valence electrons. The molecular formula is C10H10N2O2. The van der Waals surface area contributed by atoms with Crippen LogP contribution in [0.4, 0.5) is 10.5 Å². The van der Waals surface area contributed by atoms with E-state index in [0.29, 0.717) is 11.2 Å². The minimum Gasteiger partial charge on any atom is -0.464 e. The van der Waals surface area contributed by atoms with E-state index in [-0.39, 0.29) is 0 Å². The number of anilines is 1. The summed E-state index contributed by atoms with van der Waals surface area (Å²) in [5.41, 5.74) is 7.78. The van der Waals surface area contributed by atoms with Crippen molar-refractivity contribution < 1.29 is 9.90 Å². The fourth-order valence-electron chi connectivity index (χ4n) is 1.58. The van der Waals surface area contributed by atoms with Gasteiger partial charge in [0.15, 0.2) is 0 Å². The Balaban J connectivity index is 2.89. The SMILES string of the molecule is Cc1c(N)ccc2ccn(C(=O)O)c12. The van der Waals surface area contributed by atoms with Crippen LogP contribution in [0.2, 0.25) is 0 Å². The highest BCUT2D eigenvalue weighted by molar-refractivity contribution is 5.93. The molecule has 4 nitrogen and oxygen atoms in total. The molecule has 1 heterocycles.